The van der Waals surface area contributed by atoms with Gasteiger partial charge >= 0.3 is 0 Å². The summed E-state index contributed by atoms with van der Waals surface area (Å²) in [6.45, 7) is 2.75. The van der Waals surface area contributed by atoms with Crippen LogP contribution in [0.2, 0.25) is 0 Å². The minimum Gasteiger partial charge on any atom is -0.352 e. The van der Waals surface area contributed by atoms with E-state index in [-0.39, 0.29) is 5.56 Å². The van der Waals surface area contributed by atoms with Crippen LogP contribution in [0.3, 0.4) is 0 Å². The molecule has 0 unspecified atom stereocenters. The quantitative estimate of drug-likeness (QED) is 0.890. The van der Waals surface area contributed by atoms with Gasteiger partial charge in [-0.25, -0.2) is 8.78 Å². The molecule has 0 spiro atoms. The molecule has 0 saturated heterocycles. The number of benzene rings is 1. The summed E-state index contributed by atoms with van der Waals surface area (Å²) in [7, 11) is 0. The Hall–Kier alpha value is -1.45. The average molecular weight is 281 g/mol. The average Bonchev–Trinajstić information content (AvgIpc) is 2.48. The number of carbonyl (C=O) groups is 1. The zero-order valence-corrected chi connectivity index (χ0v) is 11.8. The van der Waals surface area contributed by atoms with Gasteiger partial charge in [-0.3, -0.25) is 4.79 Å². The van der Waals surface area contributed by atoms with E-state index in [2.05, 4.69) is 12.2 Å². The normalized spacial score (nSPS) is 22.6. The van der Waals surface area contributed by atoms with Gasteiger partial charge < -0.3 is 5.32 Å². The Morgan fingerprint density at radius 2 is 1.85 bits per heavy atom. The fraction of sp³-hybridized carbons (Fsp3) is 0.562. The lowest BCUT2D eigenvalue weighted by Crippen LogP contribution is -2.31. The lowest BCUT2D eigenvalue weighted by Gasteiger charge is -2.27. The van der Waals surface area contributed by atoms with E-state index >= 15 is 0 Å². The summed E-state index contributed by atoms with van der Waals surface area (Å²) < 4.78 is 26.5. The second-order valence-corrected chi connectivity index (χ2v) is 5.61. The Kier molecular flexibility index (Phi) is 5.10. The number of hydrogen-bond donors (Lipinski definition) is 1. The Labute approximate surface area is 118 Å². The molecule has 0 aliphatic heterocycles. The van der Waals surface area contributed by atoms with Crippen molar-refractivity contribution in [2.45, 2.75) is 39.0 Å². The van der Waals surface area contributed by atoms with Gasteiger partial charge in [-0.1, -0.05) is 32.3 Å². The highest BCUT2D eigenvalue weighted by Crippen LogP contribution is 2.30. The molecule has 1 amide bonds. The maximum absolute atomic E-state index is 13.5. The number of carbonyl (C=O) groups excluding carboxylic acids is 1. The first-order chi connectivity index (χ1) is 9.61. The van der Waals surface area contributed by atoms with Crippen LogP contribution in [-0.2, 0) is 0 Å². The first kappa shape index (κ1) is 14.9. The molecule has 1 aliphatic rings. The summed E-state index contributed by atoms with van der Waals surface area (Å²) >= 11 is 0. The van der Waals surface area contributed by atoms with Crippen molar-refractivity contribution in [3.05, 3.63) is 35.4 Å². The maximum atomic E-state index is 13.5. The Balaban J connectivity index is 1.85. The predicted molar refractivity (Wildman–Crippen MR) is 74.4 cm³/mol. The first-order valence-corrected chi connectivity index (χ1v) is 7.34. The fourth-order valence-corrected chi connectivity index (χ4v) is 2.86. The molecule has 1 aromatic rings. The molecule has 4 heteroatoms. The second-order valence-electron chi connectivity index (χ2n) is 5.61. The predicted octanol–water partition coefficient (Wildman–Crippen LogP) is 3.91. The van der Waals surface area contributed by atoms with Crippen molar-refractivity contribution in [3.8, 4) is 0 Å². The number of nitrogens with one attached hydrogen (secondary N) is 1. The Bertz CT molecular complexity index is 468. The highest BCUT2D eigenvalue weighted by molar-refractivity contribution is 5.94. The van der Waals surface area contributed by atoms with Gasteiger partial charge in [-0.15, -0.1) is 0 Å². The first-order valence-electron chi connectivity index (χ1n) is 7.34. The molecule has 110 valence electrons. The second kappa shape index (κ2) is 6.82. The lowest BCUT2D eigenvalue weighted by molar-refractivity contribution is 0.0936. The molecule has 0 radical (unpaired) electrons. The van der Waals surface area contributed by atoms with E-state index in [4.69, 9.17) is 0 Å². The molecule has 1 aliphatic carbocycles. The van der Waals surface area contributed by atoms with Crippen LogP contribution in [-0.4, -0.2) is 12.5 Å². The highest BCUT2D eigenvalue weighted by atomic mass is 19.2. The van der Waals surface area contributed by atoms with E-state index in [0.717, 1.165) is 24.8 Å². The van der Waals surface area contributed by atoms with Crippen molar-refractivity contribution in [3.63, 3.8) is 0 Å². The van der Waals surface area contributed by atoms with Gasteiger partial charge in [-0.2, -0.15) is 0 Å². The number of amides is 1. The van der Waals surface area contributed by atoms with Gasteiger partial charge in [0.2, 0.25) is 0 Å². The smallest absolute Gasteiger partial charge is 0.254 e. The van der Waals surface area contributed by atoms with Crippen molar-refractivity contribution in [2.24, 2.45) is 11.8 Å². The van der Waals surface area contributed by atoms with Gasteiger partial charge in [0.15, 0.2) is 11.6 Å². The summed E-state index contributed by atoms with van der Waals surface area (Å²) in [6.07, 6.45) is 5.82. The van der Waals surface area contributed by atoms with E-state index in [9.17, 15) is 13.6 Å². The minimum atomic E-state index is -1.07. The zero-order chi connectivity index (χ0) is 14.5. The van der Waals surface area contributed by atoms with Crippen molar-refractivity contribution in [1.29, 1.82) is 0 Å². The maximum Gasteiger partial charge on any atom is 0.254 e. The number of rotatable bonds is 4. The minimum absolute atomic E-state index is 0.216. The van der Waals surface area contributed by atoms with Gasteiger partial charge in [0.25, 0.3) is 5.91 Å². The van der Waals surface area contributed by atoms with Crippen molar-refractivity contribution in [1.82, 2.24) is 5.32 Å². The molecular weight excluding hydrogens is 260 g/mol. The molecular formula is C16H21F2NO. The molecule has 1 saturated carbocycles. The van der Waals surface area contributed by atoms with E-state index in [1.54, 1.807) is 0 Å². The van der Waals surface area contributed by atoms with Crippen LogP contribution >= 0.6 is 0 Å². The van der Waals surface area contributed by atoms with E-state index < -0.39 is 17.5 Å². The van der Waals surface area contributed by atoms with Crippen LogP contribution in [0.1, 0.15) is 49.4 Å². The molecule has 0 heterocycles. The molecule has 0 aromatic heterocycles. The topological polar surface area (TPSA) is 29.1 Å². The van der Waals surface area contributed by atoms with Crippen LogP contribution in [0.5, 0.6) is 0 Å². The van der Waals surface area contributed by atoms with Gasteiger partial charge in [-0.05, 0) is 36.8 Å². The molecule has 20 heavy (non-hydrogen) atoms. The summed E-state index contributed by atoms with van der Waals surface area (Å²) in [4.78, 5) is 11.9. The van der Waals surface area contributed by atoms with Gasteiger partial charge in [0.05, 0.1) is 5.56 Å². The largest absolute Gasteiger partial charge is 0.352 e. The third-order valence-corrected chi connectivity index (χ3v) is 4.29. The van der Waals surface area contributed by atoms with Gasteiger partial charge in [0.1, 0.15) is 0 Å². The molecule has 0 bridgehead atoms. The highest BCUT2D eigenvalue weighted by Gasteiger charge is 2.21. The summed E-state index contributed by atoms with van der Waals surface area (Å²) in [6, 6.07) is 3.67. The monoisotopic (exact) mass is 281 g/mol. The molecule has 2 rings (SSSR count). The van der Waals surface area contributed by atoms with E-state index in [1.165, 1.54) is 31.4 Å². The third-order valence-electron chi connectivity index (χ3n) is 4.29. The fourth-order valence-electron chi connectivity index (χ4n) is 2.86. The third kappa shape index (κ3) is 3.56. The standard InChI is InChI=1S/C16H21F2NO/c1-2-11-6-8-12(9-7-11)10-19-16(20)13-4-3-5-14(17)15(13)18/h3-5,11-12H,2,6-10H2,1H3,(H,19,20). The van der Waals surface area contributed by atoms with Crippen molar-refractivity contribution < 1.29 is 13.6 Å². The van der Waals surface area contributed by atoms with Crippen LogP contribution in [0, 0.1) is 23.5 Å². The number of halogens is 2. The molecule has 0 atom stereocenters. The molecule has 1 N–H and O–H groups in total. The van der Waals surface area contributed by atoms with Crippen LogP contribution in [0.25, 0.3) is 0 Å². The molecule has 2 nitrogen and oxygen atoms in total. The van der Waals surface area contributed by atoms with Crippen molar-refractivity contribution >= 4 is 5.91 Å². The SMILES string of the molecule is CCC1CCC(CNC(=O)c2cccc(F)c2F)CC1. The summed E-state index contributed by atoms with van der Waals surface area (Å²) in [5, 5.41) is 2.72. The summed E-state index contributed by atoms with van der Waals surface area (Å²) in [5.41, 5.74) is -0.216. The van der Waals surface area contributed by atoms with Crippen LogP contribution < -0.4 is 5.32 Å². The summed E-state index contributed by atoms with van der Waals surface area (Å²) in [5.74, 6) is -1.32. The Morgan fingerprint density at radius 3 is 2.50 bits per heavy atom. The van der Waals surface area contributed by atoms with E-state index in [0.29, 0.717) is 12.5 Å². The lowest BCUT2D eigenvalue weighted by atomic mass is 9.81. The zero-order valence-electron chi connectivity index (χ0n) is 11.8. The van der Waals surface area contributed by atoms with Crippen LogP contribution in [0.4, 0.5) is 8.78 Å². The van der Waals surface area contributed by atoms with Crippen molar-refractivity contribution in [2.75, 3.05) is 6.54 Å². The molecule has 1 fully saturated rings. The van der Waals surface area contributed by atoms with Gasteiger partial charge in [0, 0.05) is 6.54 Å². The number of hydrogen-bond acceptors (Lipinski definition) is 1. The Morgan fingerprint density at radius 1 is 1.20 bits per heavy atom. The van der Waals surface area contributed by atoms with Crippen LogP contribution in [0.15, 0.2) is 18.2 Å². The van der Waals surface area contributed by atoms with E-state index in [1.807, 2.05) is 0 Å². The molecule has 1 aromatic carbocycles.